The molecule has 0 saturated heterocycles. The molecule has 2 aromatic carbocycles. The van der Waals surface area contributed by atoms with Gasteiger partial charge < -0.3 is 5.32 Å². The van der Waals surface area contributed by atoms with Gasteiger partial charge in [-0.25, -0.2) is 4.98 Å². The number of carbonyl (C=O) groups is 1. The van der Waals surface area contributed by atoms with Gasteiger partial charge >= 0.3 is 0 Å². The van der Waals surface area contributed by atoms with Crippen LogP contribution in [0.4, 0.5) is 5.69 Å². The van der Waals surface area contributed by atoms with Gasteiger partial charge in [0, 0.05) is 30.9 Å². The lowest BCUT2D eigenvalue weighted by atomic mass is 10.1. The molecule has 0 saturated carbocycles. The summed E-state index contributed by atoms with van der Waals surface area (Å²) in [5, 5.41) is 2.91. The standard InChI is InChI=1S/C27H32N4O2/c1-3-4-8-21-11-13-23(14-12-21)29-26(32)19-31-20(2)28-25-18-30(16-15-24(25)27(31)33)17-22-9-6-5-7-10-22/h5-7,9-14H,3-4,8,15-19H2,1-2H3,(H,29,32). The second-order valence-electron chi connectivity index (χ2n) is 8.77. The van der Waals surface area contributed by atoms with Crippen LogP contribution >= 0.6 is 0 Å². The molecule has 0 aliphatic carbocycles. The van der Waals surface area contributed by atoms with Crippen LogP contribution in [-0.2, 0) is 37.3 Å². The normalized spacial score (nSPS) is 13.5. The van der Waals surface area contributed by atoms with Crippen LogP contribution in [0.3, 0.4) is 0 Å². The topological polar surface area (TPSA) is 67.2 Å². The third kappa shape index (κ3) is 5.76. The predicted molar refractivity (Wildman–Crippen MR) is 131 cm³/mol. The number of hydrogen-bond donors (Lipinski definition) is 1. The summed E-state index contributed by atoms with van der Waals surface area (Å²) in [4.78, 5) is 32.8. The Balaban J connectivity index is 1.42. The maximum atomic E-state index is 13.2. The molecular formula is C27H32N4O2. The van der Waals surface area contributed by atoms with Crippen molar-refractivity contribution in [3.8, 4) is 0 Å². The summed E-state index contributed by atoms with van der Waals surface area (Å²) in [6, 6.07) is 18.3. The first kappa shape index (κ1) is 22.9. The average molecular weight is 445 g/mol. The van der Waals surface area contributed by atoms with Crippen molar-refractivity contribution in [3.63, 3.8) is 0 Å². The van der Waals surface area contributed by atoms with Gasteiger partial charge in [-0.2, -0.15) is 0 Å². The van der Waals surface area contributed by atoms with Crippen LogP contribution in [0.25, 0.3) is 0 Å². The Labute approximate surface area is 195 Å². The average Bonchev–Trinajstić information content (AvgIpc) is 2.82. The minimum absolute atomic E-state index is 0.0315. The summed E-state index contributed by atoms with van der Waals surface area (Å²) in [7, 11) is 0. The van der Waals surface area contributed by atoms with E-state index in [-0.39, 0.29) is 18.0 Å². The van der Waals surface area contributed by atoms with Gasteiger partial charge in [0.05, 0.1) is 5.69 Å². The number of aryl methyl sites for hydroxylation is 2. The van der Waals surface area contributed by atoms with Crippen molar-refractivity contribution in [2.45, 2.75) is 59.2 Å². The summed E-state index contributed by atoms with van der Waals surface area (Å²) < 4.78 is 1.50. The maximum absolute atomic E-state index is 13.2. The fourth-order valence-corrected chi connectivity index (χ4v) is 4.34. The molecule has 3 aromatic rings. The van der Waals surface area contributed by atoms with Crippen LogP contribution in [0.1, 0.15) is 48.0 Å². The highest BCUT2D eigenvalue weighted by atomic mass is 16.2. The minimum atomic E-state index is -0.218. The largest absolute Gasteiger partial charge is 0.325 e. The van der Waals surface area contributed by atoms with Gasteiger partial charge in [-0.15, -0.1) is 0 Å². The third-order valence-corrected chi connectivity index (χ3v) is 6.20. The third-order valence-electron chi connectivity index (χ3n) is 6.20. The maximum Gasteiger partial charge on any atom is 0.257 e. The summed E-state index contributed by atoms with van der Waals surface area (Å²) >= 11 is 0. The van der Waals surface area contributed by atoms with E-state index in [9.17, 15) is 9.59 Å². The molecule has 0 radical (unpaired) electrons. The molecule has 0 fully saturated rings. The molecule has 0 unspecified atom stereocenters. The summed E-state index contributed by atoms with van der Waals surface area (Å²) in [5.41, 5.74) is 4.73. The molecule has 0 spiro atoms. The number of fused-ring (bicyclic) bond motifs is 1. The van der Waals surface area contributed by atoms with E-state index in [0.717, 1.165) is 49.3 Å². The quantitative estimate of drug-likeness (QED) is 0.568. The number of nitrogens with zero attached hydrogens (tertiary/aromatic N) is 3. The molecule has 2 heterocycles. The van der Waals surface area contributed by atoms with E-state index in [2.05, 4.69) is 29.3 Å². The van der Waals surface area contributed by atoms with Crippen molar-refractivity contribution in [2.75, 3.05) is 11.9 Å². The lowest BCUT2D eigenvalue weighted by molar-refractivity contribution is -0.116. The van der Waals surface area contributed by atoms with Crippen LogP contribution in [0.2, 0.25) is 0 Å². The second kappa shape index (κ2) is 10.6. The van der Waals surface area contributed by atoms with E-state index in [1.165, 1.54) is 15.7 Å². The zero-order chi connectivity index (χ0) is 23.2. The monoisotopic (exact) mass is 444 g/mol. The summed E-state index contributed by atoms with van der Waals surface area (Å²) in [6.07, 6.45) is 4.01. The molecule has 172 valence electrons. The number of carbonyl (C=O) groups excluding carboxylic acids is 1. The van der Waals surface area contributed by atoms with E-state index in [1.54, 1.807) is 6.92 Å². The zero-order valence-electron chi connectivity index (χ0n) is 19.5. The van der Waals surface area contributed by atoms with Gasteiger partial charge in [0.2, 0.25) is 5.91 Å². The Kier molecular flexibility index (Phi) is 7.35. The van der Waals surface area contributed by atoms with Crippen molar-refractivity contribution in [2.24, 2.45) is 0 Å². The minimum Gasteiger partial charge on any atom is -0.325 e. The zero-order valence-corrected chi connectivity index (χ0v) is 19.5. The Morgan fingerprint density at radius 2 is 1.82 bits per heavy atom. The fourth-order valence-electron chi connectivity index (χ4n) is 4.34. The van der Waals surface area contributed by atoms with E-state index < -0.39 is 0 Å². The van der Waals surface area contributed by atoms with Gasteiger partial charge in [0.1, 0.15) is 12.4 Å². The van der Waals surface area contributed by atoms with Gasteiger partial charge in [0.15, 0.2) is 0 Å². The fraction of sp³-hybridized carbons (Fsp3) is 0.370. The molecule has 33 heavy (non-hydrogen) atoms. The van der Waals surface area contributed by atoms with Crippen LogP contribution in [0.5, 0.6) is 0 Å². The lowest BCUT2D eigenvalue weighted by Gasteiger charge is -2.28. The Bertz CT molecular complexity index is 1150. The number of aromatic nitrogens is 2. The highest BCUT2D eigenvalue weighted by molar-refractivity contribution is 5.90. The molecule has 0 bridgehead atoms. The van der Waals surface area contributed by atoms with Gasteiger partial charge in [-0.05, 0) is 49.4 Å². The van der Waals surface area contributed by atoms with Crippen LogP contribution < -0.4 is 10.9 Å². The Morgan fingerprint density at radius 1 is 1.06 bits per heavy atom. The first-order valence-electron chi connectivity index (χ1n) is 11.8. The number of hydrogen-bond acceptors (Lipinski definition) is 4. The van der Waals surface area contributed by atoms with Crippen molar-refractivity contribution in [1.82, 2.24) is 14.5 Å². The Hall–Kier alpha value is -3.25. The van der Waals surface area contributed by atoms with Gasteiger partial charge in [-0.3, -0.25) is 19.1 Å². The second-order valence-corrected chi connectivity index (χ2v) is 8.77. The molecule has 1 amide bonds. The predicted octanol–water partition coefficient (Wildman–Crippen LogP) is 4.09. The van der Waals surface area contributed by atoms with E-state index in [1.807, 2.05) is 42.5 Å². The van der Waals surface area contributed by atoms with Crippen molar-refractivity contribution < 1.29 is 4.79 Å². The van der Waals surface area contributed by atoms with E-state index in [4.69, 9.17) is 4.98 Å². The smallest absolute Gasteiger partial charge is 0.257 e. The number of anilines is 1. The molecule has 4 rings (SSSR count). The molecule has 1 aliphatic heterocycles. The molecular weight excluding hydrogens is 412 g/mol. The number of nitrogens with one attached hydrogen (secondary N) is 1. The van der Waals surface area contributed by atoms with Gasteiger partial charge in [-0.1, -0.05) is 55.8 Å². The molecule has 1 N–H and O–H groups in total. The van der Waals surface area contributed by atoms with E-state index >= 15 is 0 Å². The van der Waals surface area contributed by atoms with Crippen molar-refractivity contribution >= 4 is 11.6 Å². The molecule has 6 heteroatoms. The van der Waals surface area contributed by atoms with E-state index in [0.29, 0.717) is 18.8 Å². The summed E-state index contributed by atoms with van der Waals surface area (Å²) in [6.45, 7) is 6.23. The SMILES string of the molecule is CCCCc1ccc(NC(=O)Cn2c(C)nc3c(c2=O)CCN(Cc2ccccc2)C3)cc1. The van der Waals surface area contributed by atoms with Crippen molar-refractivity contribution in [1.29, 1.82) is 0 Å². The number of unbranched alkanes of at least 4 members (excludes halogenated alkanes) is 1. The highest BCUT2D eigenvalue weighted by Gasteiger charge is 2.23. The lowest BCUT2D eigenvalue weighted by Crippen LogP contribution is -2.39. The molecule has 1 aromatic heterocycles. The number of benzene rings is 2. The number of rotatable bonds is 8. The molecule has 6 nitrogen and oxygen atoms in total. The summed E-state index contributed by atoms with van der Waals surface area (Å²) in [5.74, 6) is 0.357. The first-order chi connectivity index (χ1) is 16.0. The Morgan fingerprint density at radius 3 is 2.55 bits per heavy atom. The highest BCUT2D eigenvalue weighted by Crippen LogP contribution is 2.17. The van der Waals surface area contributed by atoms with Crippen molar-refractivity contribution in [3.05, 3.63) is 93.2 Å². The number of amides is 1. The van der Waals surface area contributed by atoms with Gasteiger partial charge in [0.25, 0.3) is 5.56 Å². The molecule has 1 aliphatic rings. The molecule has 0 atom stereocenters. The first-order valence-corrected chi connectivity index (χ1v) is 11.8. The van der Waals surface area contributed by atoms with Crippen LogP contribution in [0.15, 0.2) is 59.4 Å². The van der Waals surface area contributed by atoms with Crippen LogP contribution in [0, 0.1) is 6.92 Å². The van der Waals surface area contributed by atoms with Crippen LogP contribution in [-0.4, -0.2) is 26.9 Å².